The van der Waals surface area contributed by atoms with E-state index in [-0.39, 0.29) is 0 Å². The van der Waals surface area contributed by atoms with Crippen LogP contribution in [-0.4, -0.2) is 10.7 Å². The SMILES string of the molecule is C=CCCC(O)(CCC)CCC. The van der Waals surface area contributed by atoms with Gasteiger partial charge in [-0.15, -0.1) is 6.58 Å². The smallest absolute Gasteiger partial charge is 0.0650 e. The minimum absolute atomic E-state index is 0.419. The highest BCUT2D eigenvalue weighted by molar-refractivity contribution is 4.81. The Hall–Kier alpha value is -0.300. The van der Waals surface area contributed by atoms with E-state index in [1.165, 1.54) is 0 Å². The molecule has 0 aromatic carbocycles. The van der Waals surface area contributed by atoms with Gasteiger partial charge in [-0.3, -0.25) is 0 Å². The van der Waals surface area contributed by atoms with Crippen LogP contribution in [0.25, 0.3) is 0 Å². The minimum atomic E-state index is -0.419. The summed E-state index contributed by atoms with van der Waals surface area (Å²) >= 11 is 0. The van der Waals surface area contributed by atoms with Crippen molar-refractivity contribution in [1.29, 1.82) is 0 Å². The van der Waals surface area contributed by atoms with E-state index < -0.39 is 5.60 Å². The van der Waals surface area contributed by atoms with Gasteiger partial charge in [-0.05, 0) is 25.7 Å². The highest BCUT2D eigenvalue weighted by Crippen LogP contribution is 2.24. The van der Waals surface area contributed by atoms with Crippen molar-refractivity contribution >= 4 is 0 Å². The third-order valence-electron chi connectivity index (χ3n) is 2.24. The largest absolute Gasteiger partial charge is 0.390 e. The molecule has 0 heterocycles. The maximum Gasteiger partial charge on any atom is 0.0650 e. The van der Waals surface area contributed by atoms with Crippen LogP contribution in [0.3, 0.4) is 0 Å². The Morgan fingerprint density at radius 2 is 1.67 bits per heavy atom. The van der Waals surface area contributed by atoms with Gasteiger partial charge in [0, 0.05) is 0 Å². The molecule has 0 aliphatic heterocycles. The second-order valence-electron chi connectivity index (χ2n) is 3.55. The highest BCUT2D eigenvalue weighted by Gasteiger charge is 2.23. The van der Waals surface area contributed by atoms with Crippen LogP contribution in [0.1, 0.15) is 52.4 Å². The molecule has 0 aromatic heterocycles. The van der Waals surface area contributed by atoms with Gasteiger partial charge in [-0.25, -0.2) is 0 Å². The van der Waals surface area contributed by atoms with Gasteiger partial charge in [0.2, 0.25) is 0 Å². The summed E-state index contributed by atoms with van der Waals surface area (Å²) in [7, 11) is 0. The fourth-order valence-electron chi connectivity index (χ4n) is 1.68. The number of allylic oxidation sites excluding steroid dienone is 1. The molecule has 0 radical (unpaired) electrons. The van der Waals surface area contributed by atoms with E-state index >= 15 is 0 Å². The van der Waals surface area contributed by atoms with Crippen LogP contribution in [0, 0.1) is 0 Å². The van der Waals surface area contributed by atoms with E-state index in [4.69, 9.17) is 0 Å². The van der Waals surface area contributed by atoms with Crippen molar-refractivity contribution in [1.82, 2.24) is 0 Å². The molecule has 0 rings (SSSR count). The Morgan fingerprint density at radius 3 is 2.00 bits per heavy atom. The van der Waals surface area contributed by atoms with Crippen molar-refractivity contribution in [2.75, 3.05) is 0 Å². The molecule has 0 saturated carbocycles. The topological polar surface area (TPSA) is 20.2 Å². The number of aliphatic hydroxyl groups is 1. The van der Waals surface area contributed by atoms with Gasteiger partial charge in [0.05, 0.1) is 5.60 Å². The second kappa shape index (κ2) is 6.24. The van der Waals surface area contributed by atoms with Crippen LogP contribution in [0.5, 0.6) is 0 Å². The Bertz CT molecular complexity index is 112. The van der Waals surface area contributed by atoms with Gasteiger partial charge >= 0.3 is 0 Å². The Balaban J connectivity index is 3.88. The van der Waals surface area contributed by atoms with Crippen molar-refractivity contribution < 1.29 is 5.11 Å². The van der Waals surface area contributed by atoms with Crippen molar-refractivity contribution in [2.45, 2.75) is 58.0 Å². The van der Waals surface area contributed by atoms with E-state index in [2.05, 4.69) is 20.4 Å². The predicted molar refractivity (Wildman–Crippen MR) is 54.2 cm³/mol. The van der Waals surface area contributed by atoms with Crippen LogP contribution < -0.4 is 0 Å². The van der Waals surface area contributed by atoms with Crippen LogP contribution in [0.2, 0.25) is 0 Å². The zero-order chi connectivity index (χ0) is 9.45. The maximum absolute atomic E-state index is 10.1. The summed E-state index contributed by atoms with van der Waals surface area (Å²) in [6.45, 7) is 7.91. The number of rotatable bonds is 7. The summed E-state index contributed by atoms with van der Waals surface area (Å²) in [5.74, 6) is 0. The molecule has 72 valence electrons. The molecule has 0 amide bonds. The summed E-state index contributed by atoms with van der Waals surface area (Å²) in [5, 5.41) is 10.1. The second-order valence-corrected chi connectivity index (χ2v) is 3.55. The van der Waals surface area contributed by atoms with Gasteiger partial charge in [-0.1, -0.05) is 32.8 Å². The van der Waals surface area contributed by atoms with E-state index in [0.29, 0.717) is 0 Å². The molecule has 0 aliphatic carbocycles. The molecule has 0 fully saturated rings. The third-order valence-corrected chi connectivity index (χ3v) is 2.24. The molecule has 0 spiro atoms. The Morgan fingerprint density at radius 1 is 1.17 bits per heavy atom. The van der Waals surface area contributed by atoms with Crippen LogP contribution >= 0.6 is 0 Å². The van der Waals surface area contributed by atoms with Crippen LogP contribution in [-0.2, 0) is 0 Å². The number of hydrogen-bond donors (Lipinski definition) is 1. The lowest BCUT2D eigenvalue weighted by molar-refractivity contribution is 0.0138. The molecule has 0 aromatic rings. The zero-order valence-electron chi connectivity index (χ0n) is 8.47. The van der Waals surface area contributed by atoms with Crippen molar-refractivity contribution in [3.05, 3.63) is 12.7 Å². The molecular weight excluding hydrogens is 148 g/mol. The van der Waals surface area contributed by atoms with Gasteiger partial charge in [0.15, 0.2) is 0 Å². The third kappa shape index (κ3) is 4.55. The van der Waals surface area contributed by atoms with Crippen LogP contribution in [0.4, 0.5) is 0 Å². The molecule has 1 nitrogen and oxygen atoms in total. The van der Waals surface area contributed by atoms with E-state index in [9.17, 15) is 5.11 Å². The Labute approximate surface area is 76.5 Å². The highest BCUT2D eigenvalue weighted by atomic mass is 16.3. The van der Waals surface area contributed by atoms with E-state index in [1.807, 2.05) is 6.08 Å². The molecular formula is C11H22O. The van der Waals surface area contributed by atoms with Crippen molar-refractivity contribution in [3.8, 4) is 0 Å². The van der Waals surface area contributed by atoms with Gasteiger partial charge in [-0.2, -0.15) is 0 Å². The first-order valence-corrected chi connectivity index (χ1v) is 5.01. The molecule has 0 bridgehead atoms. The Kier molecular flexibility index (Phi) is 6.09. The van der Waals surface area contributed by atoms with Gasteiger partial charge < -0.3 is 5.11 Å². The molecule has 12 heavy (non-hydrogen) atoms. The molecule has 1 N–H and O–H groups in total. The first kappa shape index (κ1) is 11.7. The molecule has 0 atom stereocenters. The van der Waals surface area contributed by atoms with E-state index in [0.717, 1.165) is 38.5 Å². The summed E-state index contributed by atoms with van der Waals surface area (Å²) in [4.78, 5) is 0. The van der Waals surface area contributed by atoms with Gasteiger partial charge in [0.1, 0.15) is 0 Å². The van der Waals surface area contributed by atoms with Crippen LogP contribution in [0.15, 0.2) is 12.7 Å². The standard InChI is InChI=1S/C11H22O/c1-4-7-10-11(12,8-5-2)9-6-3/h4,12H,1,5-10H2,2-3H3. The normalized spacial score (nSPS) is 11.6. The molecule has 0 unspecified atom stereocenters. The summed E-state index contributed by atoms with van der Waals surface area (Å²) < 4.78 is 0. The fourth-order valence-corrected chi connectivity index (χ4v) is 1.68. The summed E-state index contributed by atoms with van der Waals surface area (Å²) in [6, 6.07) is 0. The first-order valence-electron chi connectivity index (χ1n) is 5.01. The molecule has 1 heteroatoms. The average Bonchev–Trinajstić information content (AvgIpc) is 2.02. The number of hydrogen-bond acceptors (Lipinski definition) is 1. The predicted octanol–water partition coefficient (Wildman–Crippen LogP) is 3.28. The lowest BCUT2D eigenvalue weighted by Gasteiger charge is -2.26. The quantitative estimate of drug-likeness (QED) is 0.581. The summed E-state index contributed by atoms with van der Waals surface area (Å²) in [6.07, 6.45) is 7.66. The maximum atomic E-state index is 10.1. The molecule has 0 saturated heterocycles. The van der Waals surface area contributed by atoms with Crippen molar-refractivity contribution in [2.24, 2.45) is 0 Å². The average molecular weight is 170 g/mol. The zero-order valence-corrected chi connectivity index (χ0v) is 8.47. The lowest BCUT2D eigenvalue weighted by atomic mass is 9.88. The van der Waals surface area contributed by atoms with Gasteiger partial charge in [0.25, 0.3) is 0 Å². The first-order chi connectivity index (χ1) is 5.68. The molecule has 0 aliphatic rings. The summed E-state index contributed by atoms with van der Waals surface area (Å²) in [5.41, 5.74) is -0.419. The minimum Gasteiger partial charge on any atom is -0.390 e. The lowest BCUT2D eigenvalue weighted by Crippen LogP contribution is -2.27. The van der Waals surface area contributed by atoms with E-state index in [1.54, 1.807) is 0 Å². The fraction of sp³-hybridized carbons (Fsp3) is 0.818. The monoisotopic (exact) mass is 170 g/mol. The van der Waals surface area contributed by atoms with Crippen molar-refractivity contribution in [3.63, 3.8) is 0 Å².